The van der Waals surface area contributed by atoms with Crippen molar-refractivity contribution in [1.29, 1.82) is 0 Å². The van der Waals surface area contributed by atoms with Crippen LogP contribution in [0.4, 0.5) is 0 Å². The molecule has 0 unspecified atom stereocenters. The normalized spacial score (nSPS) is 25.1. The summed E-state index contributed by atoms with van der Waals surface area (Å²) < 4.78 is 0. The molecule has 2 aromatic rings. The van der Waals surface area contributed by atoms with Crippen molar-refractivity contribution in [2.75, 3.05) is 19.6 Å². The smallest absolute Gasteiger partial charge is 0.115 e. The average molecular weight is 335 g/mol. The van der Waals surface area contributed by atoms with Crippen LogP contribution in [0, 0.1) is 5.92 Å². The van der Waals surface area contributed by atoms with E-state index in [-0.39, 0.29) is 5.41 Å². The van der Waals surface area contributed by atoms with Crippen molar-refractivity contribution in [2.45, 2.75) is 32.6 Å². The fourth-order valence-corrected chi connectivity index (χ4v) is 3.98. The highest BCUT2D eigenvalue weighted by Crippen LogP contribution is 2.40. The van der Waals surface area contributed by atoms with Gasteiger partial charge in [0.15, 0.2) is 0 Å². The lowest BCUT2D eigenvalue weighted by Gasteiger charge is -2.45. The predicted molar refractivity (Wildman–Crippen MR) is 106 cm³/mol. The molecule has 1 aliphatic heterocycles. The first kappa shape index (κ1) is 17.8. The molecule has 2 nitrogen and oxygen atoms in total. The molecular weight excluding hydrogens is 306 g/mol. The summed E-state index contributed by atoms with van der Waals surface area (Å²) in [6.07, 6.45) is 3.41. The second kappa shape index (κ2) is 7.45. The molecule has 1 heterocycles. The third kappa shape index (κ3) is 4.13. The topological polar surface area (TPSA) is 23.5 Å². The molecule has 132 valence electrons. The number of aromatic hydroxyl groups is 1. The number of piperidine rings is 1. The molecule has 25 heavy (non-hydrogen) atoms. The van der Waals surface area contributed by atoms with E-state index in [2.05, 4.69) is 68.1 Å². The zero-order valence-electron chi connectivity index (χ0n) is 15.6. The maximum Gasteiger partial charge on any atom is 0.115 e. The van der Waals surface area contributed by atoms with Crippen LogP contribution in [-0.4, -0.2) is 29.6 Å². The number of phenols is 1. The number of hydrogen-bond donors (Lipinski definition) is 1. The largest absolute Gasteiger partial charge is 0.508 e. The van der Waals surface area contributed by atoms with Gasteiger partial charge in [0.2, 0.25) is 0 Å². The number of benzene rings is 2. The van der Waals surface area contributed by atoms with Gasteiger partial charge in [-0.2, -0.15) is 0 Å². The summed E-state index contributed by atoms with van der Waals surface area (Å²) in [6.45, 7) is 10.1. The lowest BCUT2D eigenvalue weighted by atomic mass is 9.68. The van der Waals surface area contributed by atoms with Gasteiger partial charge in [0.1, 0.15) is 5.75 Å². The van der Waals surface area contributed by atoms with Crippen LogP contribution in [-0.2, 0) is 5.41 Å². The van der Waals surface area contributed by atoms with Gasteiger partial charge in [0, 0.05) is 13.1 Å². The number of phenolic OH excluding ortho intramolecular Hbond substituents is 1. The molecule has 0 amide bonds. The van der Waals surface area contributed by atoms with Crippen molar-refractivity contribution in [1.82, 2.24) is 4.90 Å². The zero-order valence-corrected chi connectivity index (χ0v) is 15.6. The Morgan fingerprint density at radius 1 is 1.20 bits per heavy atom. The molecule has 0 spiro atoms. The van der Waals surface area contributed by atoms with Crippen LogP contribution in [0.3, 0.4) is 0 Å². The summed E-state index contributed by atoms with van der Waals surface area (Å²) in [5.41, 5.74) is 4.07. The summed E-state index contributed by atoms with van der Waals surface area (Å²) in [5.74, 6) is 0.919. The van der Waals surface area contributed by atoms with E-state index in [0.717, 1.165) is 26.1 Å². The van der Waals surface area contributed by atoms with E-state index in [4.69, 9.17) is 0 Å². The minimum absolute atomic E-state index is 0.131. The molecule has 1 aliphatic rings. The van der Waals surface area contributed by atoms with Crippen molar-refractivity contribution >= 4 is 6.08 Å². The maximum absolute atomic E-state index is 9.84. The van der Waals surface area contributed by atoms with Crippen LogP contribution >= 0.6 is 0 Å². The Kier molecular flexibility index (Phi) is 5.29. The molecule has 1 fully saturated rings. The van der Waals surface area contributed by atoms with Gasteiger partial charge < -0.3 is 5.11 Å². The summed E-state index contributed by atoms with van der Waals surface area (Å²) in [6, 6.07) is 18.3. The van der Waals surface area contributed by atoms with Crippen LogP contribution in [0.1, 0.15) is 38.3 Å². The van der Waals surface area contributed by atoms with E-state index in [1.807, 2.05) is 12.1 Å². The number of hydrogen-bond acceptors (Lipinski definition) is 2. The van der Waals surface area contributed by atoms with Crippen LogP contribution < -0.4 is 0 Å². The highest BCUT2D eigenvalue weighted by molar-refractivity contribution is 5.52. The molecule has 0 aliphatic carbocycles. The van der Waals surface area contributed by atoms with E-state index in [0.29, 0.717) is 11.7 Å². The van der Waals surface area contributed by atoms with Crippen molar-refractivity contribution < 1.29 is 5.11 Å². The predicted octanol–water partition coefficient (Wildman–Crippen LogP) is 5.10. The van der Waals surface area contributed by atoms with E-state index in [1.54, 1.807) is 6.07 Å². The van der Waals surface area contributed by atoms with Gasteiger partial charge in [-0.1, -0.05) is 68.0 Å². The number of nitrogens with zero attached hydrogens (tertiary/aromatic N) is 1. The number of rotatable bonds is 4. The molecule has 0 aromatic heterocycles. The molecule has 2 atom stereocenters. The van der Waals surface area contributed by atoms with Crippen LogP contribution in [0.15, 0.2) is 60.2 Å². The van der Waals surface area contributed by atoms with Crippen LogP contribution in [0.2, 0.25) is 0 Å². The fraction of sp³-hybridized carbons (Fsp3) is 0.391. The van der Waals surface area contributed by atoms with Crippen molar-refractivity contribution in [3.8, 4) is 5.75 Å². The standard InChI is InChI=1S/C23H29NO/c1-18(14-20-8-5-4-6-9-20)16-24-13-12-23(3,19(2)17-24)21-10-7-11-22(25)15-21/h4-11,14-15,19,25H,12-13,16-17H2,1-3H3/t19-,23+/m0/s1. The lowest BCUT2D eigenvalue weighted by molar-refractivity contribution is 0.119. The second-order valence-electron chi connectivity index (χ2n) is 7.76. The van der Waals surface area contributed by atoms with E-state index in [9.17, 15) is 5.11 Å². The van der Waals surface area contributed by atoms with Gasteiger partial charge in [-0.3, -0.25) is 4.90 Å². The van der Waals surface area contributed by atoms with E-state index >= 15 is 0 Å². The molecule has 3 rings (SSSR count). The molecule has 2 aromatic carbocycles. The Morgan fingerprint density at radius 2 is 1.96 bits per heavy atom. The van der Waals surface area contributed by atoms with Crippen molar-refractivity contribution in [3.05, 3.63) is 71.3 Å². The van der Waals surface area contributed by atoms with Gasteiger partial charge in [0.25, 0.3) is 0 Å². The SMILES string of the molecule is CC(=Cc1ccccc1)CN1CC[C@@](C)(c2cccc(O)c2)[C@@H](C)C1. The first-order valence-electron chi connectivity index (χ1n) is 9.21. The van der Waals surface area contributed by atoms with Gasteiger partial charge in [0.05, 0.1) is 0 Å². The van der Waals surface area contributed by atoms with Gasteiger partial charge >= 0.3 is 0 Å². The fourth-order valence-electron chi connectivity index (χ4n) is 3.98. The molecule has 1 N–H and O–H groups in total. The lowest BCUT2D eigenvalue weighted by Crippen LogP contribution is -2.47. The van der Waals surface area contributed by atoms with Gasteiger partial charge in [-0.25, -0.2) is 0 Å². The Labute approximate surface area is 151 Å². The Morgan fingerprint density at radius 3 is 2.64 bits per heavy atom. The first-order valence-corrected chi connectivity index (χ1v) is 9.21. The average Bonchev–Trinajstić information content (AvgIpc) is 2.59. The van der Waals surface area contributed by atoms with Crippen molar-refractivity contribution in [3.63, 3.8) is 0 Å². The third-order valence-corrected chi connectivity index (χ3v) is 5.76. The highest BCUT2D eigenvalue weighted by Gasteiger charge is 2.37. The van der Waals surface area contributed by atoms with Crippen molar-refractivity contribution in [2.24, 2.45) is 5.92 Å². The molecule has 0 bridgehead atoms. The minimum atomic E-state index is 0.131. The van der Waals surface area contributed by atoms with E-state index in [1.165, 1.54) is 16.7 Å². The third-order valence-electron chi connectivity index (χ3n) is 5.76. The summed E-state index contributed by atoms with van der Waals surface area (Å²) in [5, 5.41) is 9.84. The first-order chi connectivity index (χ1) is 12.0. The summed E-state index contributed by atoms with van der Waals surface area (Å²) in [4.78, 5) is 2.56. The van der Waals surface area contributed by atoms with Crippen LogP contribution in [0.25, 0.3) is 6.08 Å². The summed E-state index contributed by atoms with van der Waals surface area (Å²) >= 11 is 0. The van der Waals surface area contributed by atoms with Gasteiger partial charge in [-0.15, -0.1) is 0 Å². The number of likely N-dealkylation sites (tertiary alicyclic amines) is 1. The van der Waals surface area contributed by atoms with Gasteiger partial charge in [-0.05, 0) is 54.5 Å². The monoisotopic (exact) mass is 335 g/mol. The quantitative estimate of drug-likeness (QED) is 0.841. The Balaban J connectivity index is 1.66. The Bertz CT molecular complexity index is 737. The molecule has 0 radical (unpaired) electrons. The summed E-state index contributed by atoms with van der Waals surface area (Å²) in [7, 11) is 0. The maximum atomic E-state index is 9.84. The van der Waals surface area contributed by atoms with E-state index < -0.39 is 0 Å². The molecule has 2 heteroatoms. The molecule has 1 saturated heterocycles. The minimum Gasteiger partial charge on any atom is -0.508 e. The van der Waals surface area contributed by atoms with Crippen LogP contribution in [0.5, 0.6) is 5.75 Å². The highest BCUT2D eigenvalue weighted by atomic mass is 16.3. The zero-order chi connectivity index (χ0) is 17.9. The molecule has 0 saturated carbocycles. The molecular formula is C23H29NO. The Hall–Kier alpha value is -2.06. The second-order valence-corrected chi connectivity index (χ2v) is 7.76.